The van der Waals surface area contributed by atoms with E-state index in [0.29, 0.717) is 6.54 Å². The van der Waals surface area contributed by atoms with Gasteiger partial charge >= 0.3 is 0 Å². The summed E-state index contributed by atoms with van der Waals surface area (Å²) in [4.78, 5) is 3.95. The van der Waals surface area contributed by atoms with Gasteiger partial charge in [-0.05, 0) is 6.54 Å². The molecule has 0 atom stereocenters. The molecule has 5 heteroatoms. The summed E-state index contributed by atoms with van der Waals surface area (Å²) >= 11 is 0. The van der Waals surface area contributed by atoms with Gasteiger partial charge in [0, 0.05) is 25.4 Å². The number of imidazole rings is 1. The molecule has 0 radical (unpaired) electrons. The fourth-order valence-electron chi connectivity index (χ4n) is 0.773. The smallest absolute Gasteiger partial charge is 0.0945 e. The normalized spacial score (nSPS) is 8.18. The number of aromatic nitrogens is 2. The van der Waals surface area contributed by atoms with E-state index >= 15 is 0 Å². The Hall–Kier alpha value is -0.250. The second kappa shape index (κ2) is 6.46. The number of nitrogens with two attached hydrogens (primary N) is 1. The van der Waals surface area contributed by atoms with Crippen LogP contribution in [-0.2, 0) is 13.5 Å². The largest absolute Gasteiger partial charge is 0.338 e. The molecule has 0 aromatic carbocycles. The second-order valence-corrected chi connectivity index (χ2v) is 2.03. The van der Waals surface area contributed by atoms with Gasteiger partial charge in [-0.15, -0.1) is 24.8 Å². The van der Waals surface area contributed by atoms with Crippen molar-refractivity contribution in [3.63, 3.8) is 0 Å². The molecule has 0 spiro atoms. The highest BCUT2D eigenvalue weighted by Gasteiger charge is 1.93. The summed E-state index contributed by atoms with van der Waals surface area (Å²) in [6, 6.07) is 0. The molecule has 3 nitrogen and oxygen atoms in total. The quantitative estimate of drug-likeness (QED) is 0.762. The average Bonchev–Trinajstić information content (AvgIpc) is 2.18. The highest BCUT2D eigenvalue weighted by molar-refractivity contribution is 5.85. The van der Waals surface area contributed by atoms with Crippen LogP contribution in [0.1, 0.15) is 5.69 Å². The summed E-state index contributed by atoms with van der Waals surface area (Å²) in [5.74, 6) is 0. The molecular weight excluding hydrogens is 185 g/mol. The van der Waals surface area contributed by atoms with Crippen LogP contribution in [0.3, 0.4) is 0 Å². The minimum atomic E-state index is 0. The summed E-state index contributed by atoms with van der Waals surface area (Å²) in [7, 11) is 1.97. The molecule has 0 saturated heterocycles. The minimum absolute atomic E-state index is 0. The van der Waals surface area contributed by atoms with Gasteiger partial charge in [0.25, 0.3) is 0 Å². The standard InChI is InChI=1S/C6H11N3.2ClH/c1-9-5-8-4-6(9)2-3-7;;/h4-5H,2-3,7H2,1H3;2*1H. The zero-order valence-electron chi connectivity index (χ0n) is 6.36. The molecule has 11 heavy (non-hydrogen) atoms. The van der Waals surface area contributed by atoms with Crippen molar-refractivity contribution in [2.75, 3.05) is 6.54 Å². The van der Waals surface area contributed by atoms with E-state index in [0.717, 1.165) is 6.42 Å². The number of hydrogen-bond acceptors (Lipinski definition) is 2. The van der Waals surface area contributed by atoms with E-state index in [1.165, 1.54) is 5.69 Å². The Bertz CT molecular complexity index is 188. The second-order valence-electron chi connectivity index (χ2n) is 2.03. The van der Waals surface area contributed by atoms with E-state index in [4.69, 9.17) is 5.73 Å². The van der Waals surface area contributed by atoms with Crippen molar-refractivity contribution in [3.8, 4) is 0 Å². The van der Waals surface area contributed by atoms with Crippen molar-refractivity contribution in [3.05, 3.63) is 18.2 Å². The first kappa shape index (κ1) is 13.3. The molecule has 0 fully saturated rings. The summed E-state index contributed by atoms with van der Waals surface area (Å²) in [5.41, 5.74) is 6.54. The Balaban J connectivity index is 0. The van der Waals surface area contributed by atoms with Gasteiger partial charge in [0.15, 0.2) is 0 Å². The Morgan fingerprint density at radius 1 is 1.55 bits per heavy atom. The highest BCUT2D eigenvalue weighted by Crippen LogP contribution is 1.94. The van der Waals surface area contributed by atoms with Crippen molar-refractivity contribution in [1.82, 2.24) is 9.55 Å². The molecule has 1 aromatic heterocycles. The Morgan fingerprint density at radius 3 is 2.55 bits per heavy atom. The first-order valence-electron chi connectivity index (χ1n) is 3.00. The molecule has 0 amide bonds. The van der Waals surface area contributed by atoms with Crippen molar-refractivity contribution < 1.29 is 0 Å². The van der Waals surface area contributed by atoms with Gasteiger partial charge < -0.3 is 10.3 Å². The number of hydrogen-bond donors (Lipinski definition) is 1. The van der Waals surface area contributed by atoms with Gasteiger partial charge in [-0.3, -0.25) is 0 Å². The van der Waals surface area contributed by atoms with E-state index in [-0.39, 0.29) is 24.8 Å². The third-order valence-electron chi connectivity index (χ3n) is 1.32. The lowest BCUT2D eigenvalue weighted by molar-refractivity contribution is 0.804. The highest BCUT2D eigenvalue weighted by atomic mass is 35.5. The number of rotatable bonds is 2. The molecule has 0 aliphatic rings. The van der Waals surface area contributed by atoms with Crippen LogP contribution >= 0.6 is 24.8 Å². The molecule has 0 saturated carbocycles. The van der Waals surface area contributed by atoms with Gasteiger partial charge in [-0.25, -0.2) is 4.98 Å². The Kier molecular flexibility index (Phi) is 7.84. The molecule has 1 heterocycles. The molecule has 0 unspecified atom stereocenters. The third kappa shape index (κ3) is 3.60. The monoisotopic (exact) mass is 197 g/mol. The van der Waals surface area contributed by atoms with E-state index in [9.17, 15) is 0 Å². The zero-order chi connectivity index (χ0) is 6.69. The minimum Gasteiger partial charge on any atom is -0.338 e. The van der Waals surface area contributed by atoms with Gasteiger partial charge in [0.1, 0.15) is 0 Å². The third-order valence-corrected chi connectivity index (χ3v) is 1.32. The molecular formula is C6H13Cl2N3. The Morgan fingerprint density at radius 2 is 2.18 bits per heavy atom. The van der Waals surface area contributed by atoms with Crippen LogP contribution in [0.15, 0.2) is 12.5 Å². The van der Waals surface area contributed by atoms with Gasteiger partial charge in [-0.1, -0.05) is 0 Å². The fraction of sp³-hybridized carbons (Fsp3) is 0.500. The van der Waals surface area contributed by atoms with Crippen LogP contribution in [0.25, 0.3) is 0 Å². The lowest BCUT2D eigenvalue weighted by atomic mass is 10.3. The first-order chi connectivity index (χ1) is 4.34. The topological polar surface area (TPSA) is 43.8 Å². The van der Waals surface area contributed by atoms with E-state index in [1.54, 1.807) is 6.33 Å². The predicted molar refractivity (Wildman–Crippen MR) is 50.5 cm³/mol. The fourth-order valence-corrected chi connectivity index (χ4v) is 0.773. The van der Waals surface area contributed by atoms with Gasteiger partial charge in [0.05, 0.1) is 6.33 Å². The summed E-state index contributed by atoms with van der Waals surface area (Å²) in [6.45, 7) is 0.694. The molecule has 1 rings (SSSR count). The summed E-state index contributed by atoms with van der Waals surface area (Å²) in [6.07, 6.45) is 4.54. The first-order valence-corrected chi connectivity index (χ1v) is 3.00. The van der Waals surface area contributed by atoms with Crippen molar-refractivity contribution in [1.29, 1.82) is 0 Å². The average molecular weight is 198 g/mol. The summed E-state index contributed by atoms with van der Waals surface area (Å²) < 4.78 is 1.98. The number of aryl methyl sites for hydroxylation is 1. The van der Waals surface area contributed by atoms with Crippen LogP contribution < -0.4 is 5.73 Å². The predicted octanol–water partition coefficient (Wildman–Crippen LogP) is 0.765. The Labute approximate surface area is 78.8 Å². The number of nitrogens with zero attached hydrogens (tertiary/aromatic N) is 2. The maximum Gasteiger partial charge on any atom is 0.0945 e. The van der Waals surface area contributed by atoms with E-state index in [1.807, 2.05) is 17.8 Å². The van der Waals surface area contributed by atoms with Crippen LogP contribution in [0, 0.1) is 0 Å². The van der Waals surface area contributed by atoms with Crippen LogP contribution in [0.5, 0.6) is 0 Å². The van der Waals surface area contributed by atoms with Crippen molar-refractivity contribution in [2.45, 2.75) is 6.42 Å². The van der Waals surface area contributed by atoms with E-state index < -0.39 is 0 Å². The number of halogens is 2. The molecule has 0 aliphatic heterocycles. The maximum absolute atomic E-state index is 5.35. The molecule has 0 aliphatic carbocycles. The molecule has 0 bridgehead atoms. The maximum atomic E-state index is 5.35. The van der Waals surface area contributed by atoms with Crippen molar-refractivity contribution >= 4 is 24.8 Å². The molecule has 1 aromatic rings. The lowest BCUT2D eigenvalue weighted by Crippen LogP contribution is -2.05. The van der Waals surface area contributed by atoms with Gasteiger partial charge in [-0.2, -0.15) is 0 Å². The van der Waals surface area contributed by atoms with Crippen LogP contribution in [0.2, 0.25) is 0 Å². The molecule has 2 N–H and O–H groups in total. The lowest BCUT2D eigenvalue weighted by Gasteiger charge is -1.96. The zero-order valence-corrected chi connectivity index (χ0v) is 7.99. The van der Waals surface area contributed by atoms with Gasteiger partial charge in [0.2, 0.25) is 0 Å². The SMILES string of the molecule is Cl.Cl.Cn1cncc1CCN. The van der Waals surface area contributed by atoms with Crippen LogP contribution in [0.4, 0.5) is 0 Å². The van der Waals surface area contributed by atoms with Crippen molar-refractivity contribution in [2.24, 2.45) is 12.8 Å². The van der Waals surface area contributed by atoms with E-state index in [2.05, 4.69) is 4.98 Å². The molecule has 66 valence electrons. The summed E-state index contributed by atoms with van der Waals surface area (Å²) in [5, 5.41) is 0. The van der Waals surface area contributed by atoms with Crippen LogP contribution in [-0.4, -0.2) is 16.1 Å².